The minimum Gasteiger partial charge on any atom is -0.395 e. The largest absolute Gasteiger partial charge is 0.395 e. The van der Waals surface area contributed by atoms with Crippen LogP contribution >= 0.6 is 0 Å². The zero-order valence-electron chi connectivity index (χ0n) is 15.0. The number of nitrogens with zero attached hydrogens (tertiary/aromatic N) is 4. The lowest BCUT2D eigenvalue weighted by atomic mass is 10.0. The van der Waals surface area contributed by atoms with Crippen molar-refractivity contribution in [2.45, 2.75) is 27.7 Å². The fraction of sp³-hybridized carbons (Fsp3) is 0.368. The lowest BCUT2D eigenvalue weighted by molar-refractivity contribution is 0.303. The van der Waals surface area contributed by atoms with Gasteiger partial charge in [0, 0.05) is 30.4 Å². The molecule has 126 valence electrons. The number of aromatic nitrogens is 3. The van der Waals surface area contributed by atoms with Gasteiger partial charge < -0.3 is 10.0 Å². The predicted molar refractivity (Wildman–Crippen MR) is 97.7 cm³/mol. The van der Waals surface area contributed by atoms with Gasteiger partial charge in [-0.1, -0.05) is 29.8 Å². The molecule has 1 N–H and O–H groups in total. The first-order valence-corrected chi connectivity index (χ1v) is 8.19. The summed E-state index contributed by atoms with van der Waals surface area (Å²) in [4.78, 5) is 6.84. The molecule has 0 aliphatic heterocycles. The molecule has 2 aromatic heterocycles. The minimum absolute atomic E-state index is 0.101. The summed E-state index contributed by atoms with van der Waals surface area (Å²) in [6, 6.07) is 8.46. The van der Waals surface area contributed by atoms with Gasteiger partial charge >= 0.3 is 0 Å². The van der Waals surface area contributed by atoms with Crippen LogP contribution in [0.5, 0.6) is 0 Å². The van der Waals surface area contributed by atoms with Gasteiger partial charge in [0.25, 0.3) is 0 Å². The standard InChI is InChI=1S/C19H24N4O/c1-12-6-8-16(9-7-12)17-15(4)21-23-18(17)20-14(3)13(2)19(23)22(5)10-11-24/h6-9,24H,10-11H2,1-5H3. The number of aryl methyl sites for hydroxylation is 3. The number of hydrogen-bond acceptors (Lipinski definition) is 4. The van der Waals surface area contributed by atoms with Crippen LogP contribution in [0.25, 0.3) is 16.8 Å². The molecule has 0 spiro atoms. The number of likely N-dealkylation sites (N-methyl/N-ethyl adjacent to an activating group) is 1. The first-order valence-electron chi connectivity index (χ1n) is 8.19. The normalized spacial score (nSPS) is 11.2. The van der Waals surface area contributed by atoms with Crippen LogP contribution in [0.2, 0.25) is 0 Å². The van der Waals surface area contributed by atoms with Gasteiger partial charge in [-0.05, 0) is 33.3 Å². The van der Waals surface area contributed by atoms with E-state index in [1.165, 1.54) is 5.56 Å². The highest BCUT2D eigenvalue weighted by atomic mass is 16.3. The van der Waals surface area contributed by atoms with Crippen LogP contribution in [-0.2, 0) is 0 Å². The Labute approximate surface area is 142 Å². The number of hydrogen-bond donors (Lipinski definition) is 1. The van der Waals surface area contributed by atoms with Crippen molar-refractivity contribution in [3.8, 4) is 11.1 Å². The van der Waals surface area contributed by atoms with Crippen LogP contribution in [0.4, 0.5) is 5.82 Å². The Hall–Kier alpha value is -2.40. The molecular weight excluding hydrogens is 300 g/mol. The van der Waals surface area contributed by atoms with E-state index in [1.54, 1.807) is 0 Å². The smallest absolute Gasteiger partial charge is 0.165 e. The molecule has 3 rings (SSSR count). The Kier molecular flexibility index (Phi) is 4.28. The fourth-order valence-corrected chi connectivity index (χ4v) is 3.09. The van der Waals surface area contributed by atoms with Gasteiger partial charge in [-0.15, -0.1) is 0 Å². The summed E-state index contributed by atoms with van der Waals surface area (Å²) in [6.07, 6.45) is 0. The number of anilines is 1. The maximum absolute atomic E-state index is 9.31. The molecule has 5 nitrogen and oxygen atoms in total. The molecular formula is C19H24N4O. The van der Waals surface area contributed by atoms with E-state index < -0.39 is 0 Å². The third kappa shape index (κ3) is 2.65. The molecule has 0 unspecified atom stereocenters. The van der Waals surface area contributed by atoms with E-state index in [9.17, 15) is 5.11 Å². The van der Waals surface area contributed by atoms with Gasteiger partial charge in [0.2, 0.25) is 0 Å². The Morgan fingerprint density at radius 2 is 1.71 bits per heavy atom. The summed E-state index contributed by atoms with van der Waals surface area (Å²) < 4.78 is 1.91. The van der Waals surface area contributed by atoms with Crippen LogP contribution in [0.1, 0.15) is 22.5 Å². The molecule has 0 amide bonds. The quantitative estimate of drug-likeness (QED) is 0.801. The summed E-state index contributed by atoms with van der Waals surface area (Å²) >= 11 is 0. The zero-order chi connectivity index (χ0) is 17.4. The molecule has 3 aromatic rings. The van der Waals surface area contributed by atoms with Gasteiger partial charge in [0.05, 0.1) is 12.3 Å². The number of aliphatic hydroxyl groups excluding tert-OH is 1. The maximum atomic E-state index is 9.31. The third-order valence-electron chi connectivity index (χ3n) is 4.53. The van der Waals surface area contributed by atoms with Gasteiger partial charge in [0.15, 0.2) is 5.65 Å². The second-order valence-corrected chi connectivity index (χ2v) is 6.35. The second-order valence-electron chi connectivity index (χ2n) is 6.35. The lowest BCUT2D eigenvalue weighted by Crippen LogP contribution is -2.25. The van der Waals surface area contributed by atoms with Crippen molar-refractivity contribution in [2.75, 3.05) is 25.1 Å². The highest BCUT2D eigenvalue weighted by Crippen LogP contribution is 2.31. The van der Waals surface area contributed by atoms with Crippen molar-refractivity contribution >= 4 is 11.5 Å². The third-order valence-corrected chi connectivity index (χ3v) is 4.53. The number of benzene rings is 1. The molecule has 0 bridgehead atoms. The predicted octanol–water partition coefficient (Wildman–Crippen LogP) is 3.06. The molecule has 0 saturated carbocycles. The van der Waals surface area contributed by atoms with Gasteiger partial charge in [-0.2, -0.15) is 9.61 Å². The van der Waals surface area contributed by atoms with Gasteiger partial charge in [0.1, 0.15) is 5.82 Å². The molecule has 1 aromatic carbocycles. The minimum atomic E-state index is 0.101. The molecule has 0 fully saturated rings. The number of rotatable bonds is 4. The molecule has 0 aliphatic rings. The Morgan fingerprint density at radius 3 is 2.33 bits per heavy atom. The highest BCUT2D eigenvalue weighted by molar-refractivity contribution is 5.81. The van der Waals surface area contributed by atoms with E-state index in [4.69, 9.17) is 10.1 Å². The number of fused-ring (bicyclic) bond motifs is 1. The highest BCUT2D eigenvalue weighted by Gasteiger charge is 2.20. The van der Waals surface area contributed by atoms with Crippen molar-refractivity contribution in [3.05, 3.63) is 46.8 Å². The first-order chi connectivity index (χ1) is 11.4. The van der Waals surface area contributed by atoms with Gasteiger partial charge in [-0.25, -0.2) is 4.98 Å². The Balaban J connectivity index is 2.30. The topological polar surface area (TPSA) is 53.7 Å². The molecule has 0 saturated heterocycles. The molecule has 0 radical (unpaired) electrons. The van der Waals surface area contributed by atoms with Crippen LogP contribution in [0, 0.1) is 27.7 Å². The van der Waals surface area contributed by atoms with Crippen molar-refractivity contribution in [3.63, 3.8) is 0 Å². The van der Waals surface area contributed by atoms with Gasteiger partial charge in [-0.3, -0.25) is 0 Å². The second kappa shape index (κ2) is 6.24. The molecule has 0 atom stereocenters. The summed E-state index contributed by atoms with van der Waals surface area (Å²) in [6.45, 7) is 8.83. The average Bonchev–Trinajstić information content (AvgIpc) is 2.85. The van der Waals surface area contributed by atoms with Crippen molar-refractivity contribution in [1.29, 1.82) is 0 Å². The Bertz CT molecular complexity index is 881. The van der Waals surface area contributed by atoms with Crippen LogP contribution in [0.3, 0.4) is 0 Å². The monoisotopic (exact) mass is 324 g/mol. The lowest BCUT2D eigenvalue weighted by Gasteiger charge is -2.22. The van der Waals surface area contributed by atoms with Crippen LogP contribution in [-0.4, -0.2) is 39.9 Å². The zero-order valence-corrected chi connectivity index (χ0v) is 15.0. The van der Waals surface area contributed by atoms with Crippen LogP contribution < -0.4 is 4.90 Å². The van der Waals surface area contributed by atoms with E-state index in [0.29, 0.717) is 6.54 Å². The van der Waals surface area contributed by atoms with E-state index in [1.807, 2.05) is 37.2 Å². The van der Waals surface area contributed by atoms with Crippen molar-refractivity contribution in [2.24, 2.45) is 0 Å². The maximum Gasteiger partial charge on any atom is 0.165 e. The molecule has 24 heavy (non-hydrogen) atoms. The van der Waals surface area contributed by atoms with Crippen molar-refractivity contribution in [1.82, 2.24) is 14.6 Å². The van der Waals surface area contributed by atoms with Crippen LogP contribution in [0.15, 0.2) is 24.3 Å². The fourth-order valence-electron chi connectivity index (χ4n) is 3.09. The summed E-state index contributed by atoms with van der Waals surface area (Å²) in [5.74, 6) is 0.980. The first kappa shape index (κ1) is 16.5. The molecule has 2 heterocycles. The summed E-state index contributed by atoms with van der Waals surface area (Å²) in [5.41, 5.74) is 7.30. The SMILES string of the molecule is Cc1ccc(-c2c(C)nn3c(N(C)CCO)c(C)c(C)nc23)cc1. The van der Waals surface area contributed by atoms with Crippen molar-refractivity contribution < 1.29 is 5.11 Å². The van der Waals surface area contributed by atoms with E-state index in [-0.39, 0.29) is 6.61 Å². The van der Waals surface area contributed by atoms with E-state index >= 15 is 0 Å². The average molecular weight is 324 g/mol. The molecule has 0 aliphatic carbocycles. The van der Waals surface area contributed by atoms with E-state index in [2.05, 4.69) is 31.2 Å². The molecule has 5 heteroatoms. The summed E-state index contributed by atoms with van der Waals surface area (Å²) in [7, 11) is 1.97. The number of aliphatic hydroxyl groups is 1. The summed E-state index contributed by atoms with van der Waals surface area (Å²) in [5, 5.41) is 14.1. The van der Waals surface area contributed by atoms with E-state index in [0.717, 1.165) is 39.5 Å². The Morgan fingerprint density at radius 1 is 1.04 bits per heavy atom.